The maximum atomic E-state index is 12.3. The third-order valence-corrected chi connectivity index (χ3v) is 3.64. The predicted octanol–water partition coefficient (Wildman–Crippen LogP) is 4.70. The molecule has 116 valence electrons. The molecule has 0 fully saturated rings. The molecule has 0 spiro atoms. The number of hydrogen-bond donors (Lipinski definition) is 1. The van der Waals surface area contributed by atoms with E-state index in [4.69, 9.17) is 16.3 Å². The van der Waals surface area contributed by atoms with Gasteiger partial charge >= 0.3 is 0 Å². The monoisotopic (exact) mass is 317 g/mol. The average Bonchev–Trinajstić information content (AvgIpc) is 2.55. The van der Waals surface area contributed by atoms with Crippen LogP contribution in [0.4, 0.5) is 5.69 Å². The van der Waals surface area contributed by atoms with Crippen LogP contribution < -0.4 is 10.1 Å². The van der Waals surface area contributed by atoms with E-state index in [2.05, 4.69) is 12.2 Å². The van der Waals surface area contributed by atoms with Gasteiger partial charge in [0, 0.05) is 10.7 Å². The molecule has 2 aromatic rings. The molecule has 1 N–H and O–H groups in total. The molecule has 4 heteroatoms. The summed E-state index contributed by atoms with van der Waals surface area (Å²) in [6.07, 6.45) is 1.05. The third-order valence-electron chi connectivity index (χ3n) is 3.38. The number of aryl methyl sites for hydroxylation is 1. The molecule has 2 rings (SSSR count). The first-order valence-corrected chi connectivity index (χ1v) is 7.82. The number of nitrogens with one attached hydrogen (secondary N) is 1. The van der Waals surface area contributed by atoms with Crippen molar-refractivity contribution in [3.8, 4) is 5.75 Å². The van der Waals surface area contributed by atoms with E-state index < -0.39 is 6.10 Å². The van der Waals surface area contributed by atoms with Gasteiger partial charge in [-0.25, -0.2) is 0 Å². The van der Waals surface area contributed by atoms with Crippen molar-refractivity contribution in [2.75, 3.05) is 5.32 Å². The number of rotatable bonds is 6. The molecule has 0 saturated carbocycles. The molecular formula is C18H20ClNO2. The lowest BCUT2D eigenvalue weighted by molar-refractivity contribution is -0.122. The van der Waals surface area contributed by atoms with Gasteiger partial charge < -0.3 is 10.1 Å². The van der Waals surface area contributed by atoms with Gasteiger partial charge in [0.15, 0.2) is 6.10 Å². The first kappa shape index (κ1) is 16.4. The first-order valence-electron chi connectivity index (χ1n) is 7.44. The Morgan fingerprint density at radius 3 is 2.27 bits per heavy atom. The minimum Gasteiger partial charge on any atom is -0.481 e. The zero-order valence-electron chi connectivity index (χ0n) is 12.8. The van der Waals surface area contributed by atoms with Gasteiger partial charge in [-0.1, -0.05) is 37.6 Å². The van der Waals surface area contributed by atoms with Gasteiger partial charge in [0.1, 0.15) is 5.75 Å². The normalized spacial score (nSPS) is 11.8. The Labute approximate surface area is 136 Å². The van der Waals surface area contributed by atoms with Crippen LogP contribution in [-0.4, -0.2) is 12.0 Å². The highest BCUT2D eigenvalue weighted by Crippen LogP contribution is 2.17. The Morgan fingerprint density at radius 1 is 1.09 bits per heavy atom. The van der Waals surface area contributed by atoms with Crippen molar-refractivity contribution in [2.24, 2.45) is 0 Å². The molecule has 0 unspecified atom stereocenters. The highest BCUT2D eigenvalue weighted by Gasteiger charge is 2.18. The minimum atomic E-state index is -0.525. The van der Waals surface area contributed by atoms with E-state index in [0.717, 1.165) is 6.42 Å². The summed E-state index contributed by atoms with van der Waals surface area (Å²) < 4.78 is 5.78. The van der Waals surface area contributed by atoms with Crippen molar-refractivity contribution in [1.29, 1.82) is 0 Å². The SMILES string of the molecule is CCc1ccc(O[C@@H](CC)C(=O)Nc2ccc(Cl)cc2)cc1. The summed E-state index contributed by atoms with van der Waals surface area (Å²) in [6.45, 7) is 4.02. The zero-order chi connectivity index (χ0) is 15.9. The number of benzene rings is 2. The van der Waals surface area contributed by atoms with Gasteiger partial charge in [-0.2, -0.15) is 0 Å². The summed E-state index contributed by atoms with van der Waals surface area (Å²) in [6, 6.07) is 14.8. The molecule has 2 aromatic carbocycles. The van der Waals surface area contributed by atoms with Crippen LogP contribution in [0.3, 0.4) is 0 Å². The van der Waals surface area contributed by atoms with Crippen LogP contribution in [0, 0.1) is 0 Å². The lowest BCUT2D eigenvalue weighted by Crippen LogP contribution is -2.32. The van der Waals surface area contributed by atoms with Gasteiger partial charge in [-0.15, -0.1) is 0 Å². The maximum absolute atomic E-state index is 12.3. The van der Waals surface area contributed by atoms with Crippen LogP contribution in [0.25, 0.3) is 0 Å². The average molecular weight is 318 g/mol. The fourth-order valence-electron chi connectivity index (χ4n) is 2.05. The molecule has 0 aliphatic rings. The van der Waals surface area contributed by atoms with Crippen molar-refractivity contribution in [1.82, 2.24) is 0 Å². The number of carbonyl (C=O) groups is 1. The van der Waals surface area contributed by atoms with E-state index in [1.807, 2.05) is 31.2 Å². The van der Waals surface area contributed by atoms with Gasteiger partial charge in [0.2, 0.25) is 0 Å². The standard InChI is InChI=1S/C18H20ClNO2/c1-3-13-5-11-16(12-6-13)22-17(4-2)18(21)20-15-9-7-14(19)8-10-15/h5-12,17H,3-4H2,1-2H3,(H,20,21)/t17-/m0/s1. The van der Waals surface area contributed by atoms with E-state index in [1.54, 1.807) is 24.3 Å². The van der Waals surface area contributed by atoms with E-state index >= 15 is 0 Å². The lowest BCUT2D eigenvalue weighted by atomic mass is 10.1. The van der Waals surface area contributed by atoms with E-state index in [9.17, 15) is 4.79 Å². The van der Waals surface area contributed by atoms with Gasteiger partial charge in [-0.05, 0) is 54.8 Å². The summed E-state index contributed by atoms with van der Waals surface area (Å²) in [4.78, 5) is 12.3. The molecule has 22 heavy (non-hydrogen) atoms. The molecule has 0 bridgehead atoms. The van der Waals surface area contributed by atoms with Gasteiger partial charge in [-0.3, -0.25) is 4.79 Å². The van der Waals surface area contributed by atoms with E-state index in [1.165, 1.54) is 5.56 Å². The summed E-state index contributed by atoms with van der Waals surface area (Å²) in [5, 5.41) is 3.48. The van der Waals surface area contributed by atoms with Gasteiger partial charge in [0.05, 0.1) is 0 Å². The van der Waals surface area contributed by atoms with E-state index in [-0.39, 0.29) is 5.91 Å². The second-order valence-electron chi connectivity index (χ2n) is 5.01. The summed E-state index contributed by atoms with van der Waals surface area (Å²) >= 11 is 5.83. The number of hydrogen-bond acceptors (Lipinski definition) is 2. The number of ether oxygens (including phenoxy) is 1. The minimum absolute atomic E-state index is 0.163. The van der Waals surface area contributed by atoms with Crippen LogP contribution >= 0.6 is 11.6 Å². The second kappa shape index (κ2) is 7.85. The maximum Gasteiger partial charge on any atom is 0.265 e. The highest BCUT2D eigenvalue weighted by molar-refractivity contribution is 6.30. The fourth-order valence-corrected chi connectivity index (χ4v) is 2.17. The Hall–Kier alpha value is -2.00. The fraction of sp³-hybridized carbons (Fsp3) is 0.278. The number of halogens is 1. The molecule has 3 nitrogen and oxygen atoms in total. The van der Waals surface area contributed by atoms with Crippen molar-refractivity contribution >= 4 is 23.2 Å². The van der Waals surface area contributed by atoms with Gasteiger partial charge in [0.25, 0.3) is 5.91 Å². The Balaban J connectivity index is 2.00. The summed E-state index contributed by atoms with van der Waals surface area (Å²) in [5.41, 5.74) is 1.95. The quantitative estimate of drug-likeness (QED) is 0.838. The molecule has 0 aromatic heterocycles. The Bertz CT molecular complexity index is 608. The van der Waals surface area contributed by atoms with Crippen molar-refractivity contribution in [3.05, 3.63) is 59.1 Å². The topological polar surface area (TPSA) is 38.3 Å². The molecule has 0 aliphatic carbocycles. The first-order chi connectivity index (χ1) is 10.6. The van der Waals surface area contributed by atoms with Crippen LogP contribution in [0.2, 0.25) is 5.02 Å². The zero-order valence-corrected chi connectivity index (χ0v) is 13.6. The van der Waals surface area contributed by atoms with Crippen LogP contribution in [0.1, 0.15) is 25.8 Å². The Morgan fingerprint density at radius 2 is 1.73 bits per heavy atom. The summed E-state index contributed by atoms with van der Waals surface area (Å²) in [5.74, 6) is 0.541. The summed E-state index contributed by atoms with van der Waals surface area (Å²) in [7, 11) is 0. The molecule has 1 amide bonds. The lowest BCUT2D eigenvalue weighted by Gasteiger charge is -2.17. The van der Waals surface area contributed by atoms with E-state index in [0.29, 0.717) is 22.9 Å². The van der Waals surface area contributed by atoms with Crippen LogP contribution in [-0.2, 0) is 11.2 Å². The van der Waals surface area contributed by atoms with Crippen molar-refractivity contribution in [2.45, 2.75) is 32.8 Å². The molecule has 0 aliphatic heterocycles. The van der Waals surface area contributed by atoms with Crippen LogP contribution in [0.15, 0.2) is 48.5 Å². The molecule has 0 heterocycles. The predicted molar refractivity (Wildman–Crippen MR) is 90.6 cm³/mol. The number of amides is 1. The largest absolute Gasteiger partial charge is 0.481 e. The Kier molecular flexibility index (Phi) is 5.84. The molecule has 1 atom stereocenters. The number of anilines is 1. The second-order valence-corrected chi connectivity index (χ2v) is 5.44. The third kappa shape index (κ3) is 4.50. The molecule has 0 saturated heterocycles. The van der Waals surface area contributed by atoms with Crippen molar-refractivity contribution < 1.29 is 9.53 Å². The molecule has 0 radical (unpaired) electrons. The molecular weight excluding hydrogens is 298 g/mol. The highest BCUT2D eigenvalue weighted by atomic mass is 35.5. The smallest absolute Gasteiger partial charge is 0.265 e. The van der Waals surface area contributed by atoms with Crippen molar-refractivity contribution in [3.63, 3.8) is 0 Å². The number of carbonyl (C=O) groups excluding carboxylic acids is 1. The van der Waals surface area contributed by atoms with Crippen LogP contribution in [0.5, 0.6) is 5.75 Å².